The van der Waals surface area contributed by atoms with Gasteiger partial charge in [-0.1, -0.05) is 0 Å². The van der Waals surface area contributed by atoms with Crippen LogP contribution >= 0.6 is 23.1 Å². The van der Waals surface area contributed by atoms with E-state index in [-0.39, 0.29) is 0 Å². The average molecular weight is 326 g/mol. The van der Waals surface area contributed by atoms with Crippen molar-refractivity contribution < 1.29 is 13.2 Å². The maximum absolute atomic E-state index is 12.4. The number of thioether (sulfide) groups is 1. The average Bonchev–Trinajstić information content (AvgIpc) is 2.86. The molecule has 1 aromatic rings. The van der Waals surface area contributed by atoms with Crippen molar-refractivity contribution in [2.45, 2.75) is 12.6 Å². The molecule has 0 bridgehead atoms. The predicted molar refractivity (Wildman–Crippen MR) is 78.6 cm³/mol. The number of hydrogen-bond acceptors (Lipinski definition) is 4. The normalized spacial score (nSPS) is 12.6. The minimum Gasteiger partial charge on any atom is -0.356 e. The van der Waals surface area contributed by atoms with Crippen LogP contribution in [0, 0.1) is 0 Å². The van der Waals surface area contributed by atoms with Gasteiger partial charge in [-0.15, -0.1) is 11.3 Å². The van der Waals surface area contributed by atoms with E-state index in [1.807, 2.05) is 6.26 Å². The lowest BCUT2D eigenvalue weighted by Gasteiger charge is -2.10. The van der Waals surface area contributed by atoms with Gasteiger partial charge >= 0.3 is 6.18 Å². The van der Waals surface area contributed by atoms with E-state index >= 15 is 0 Å². The van der Waals surface area contributed by atoms with Gasteiger partial charge in [0.05, 0.1) is 5.01 Å². The summed E-state index contributed by atoms with van der Waals surface area (Å²) < 4.78 is 37.1. The third kappa shape index (κ3) is 6.00. The monoisotopic (exact) mass is 326 g/mol. The van der Waals surface area contributed by atoms with Crippen LogP contribution in [-0.4, -0.2) is 43.1 Å². The lowest BCUT2D eigenvalue weighted by molar-refractivity contribution is -0.140. The number of aliphatic imine (C=N–C) groups is 1. The highest BCUT2D eigenvalue weighted by atomic mass is 32.2. The standard InChI is InChI=1S/C11H17F3N4S2/c1-15-10(17-5-6-19-2)16-4-3-9-18-8(7-20-9)11(12,13)14/h7H,3-6H2,1-2H3,(H2,15,16,17). The number of hydrogen-bond donors (Lipinski definition) is 2. The molecule has 0 aliphatic carbocycles. The van der Waals surface area contributed by atoms with E-state index in [0.717, 1.165) is 29.0 Å². The van der Waals surface area contributed by atoms with Gasteiger partial charge in [-0.3, -0.25) is 4.99 Å². The predicted octanol–water partition coefficient (Wildman–Crippen LogP) is 2.23. The molecule has 9 heteroatoms. The zero-order valence-electron chi connectivity index (χ0n) is 11.3. The summed E-state index contributed by atoms with van der Waals surface area (Å²) in [6.07, 6.45) is -1.92. The molecule has 0 atom stereocenters. The van der Waals surface area contributed by atoms with E-state index in [0.29, 0.717) is 23.9 Å². The van der Waals surface area contributed by atoms with Gasteiger partial charge in [0.1, 0.15) is 0 Å². The van der Waals surface area contributed by atoms with Gasteiger partial charge in [-0.25, -0.2) is 4.98 Å². The molecule has 0 aliphatic rings. The summed E-state index contributed by atoms with van der Waals surface area (Å²) in [5.41, 5.74) is -0.819. The van der Waals surface area contributed by atoms with Crippen molar-refractivity contribution in [3.05, 3.63) is 16.1 Å². The number of rotatable bonds is 6. The lowest BCUT2D eigenvalue weighted by atomic mass is 10.4. The molecule has 0 saturated carbocycles. The Morgan fingerprint density at radius 2 is 2.10 bits per heavy atom. The van der Waals surface area contributed by atoms with Gasteiger partial charge in [-0.05, 0) is 6.26 Å². The van der Waals surface area contributed by atoms with Crippen LogP contribution in [0.5, 0.6) is 0 Å². The maximum Gasteiger partial charge on any atom is 0.434 e. The van der Waals surface area contributed by atoms with E-state index in [2.05, 4.69) is 20.6 Å². The second-order valence-electron chi connectivity index (χ2n) is 3.79. The number of guanidine groups is 1. The second kappa shape index (κ2) is 8.35. The summed E-state index contributed by atoms with van der Waals surface area (Å²) in [5, 5.41) is 7.65. The highest BCUT2D eigenvalue weighted by Crippen LogP contribution is 2.29. The first-order valence-corrected chi connectivity index (χ1v) is 8.19. The molecule has 0 spiro atoms. The highest BCUT2D eigenvalue weighted by Gasteiger charge is 2.33. The third-order valence-electron chi connectivity index (χ3n) is 2.30. The molecule has 0 saturated heterocycles. The molecule has 0 unspecified atom stereocenters. The van der Waals surface area contributed by atoms with Crippen molar-refractivity contribution in [3.8, 4) is 0 Å². The van der Waals surface area contributed by atoms with Crippen molar-refractivity contribution in [2.75, 3.05) is 32.1 Å². The van der Waals surface area contributed by atoms with Crippen molar-refractivity contribution in [1.82, 2.24) is 15.6 Å². The minimum atomic E-state index is -4.36. The zero-order chi connectivity index (χ0) is 15.0. The van der Waals surface area contributed by atoms with Crippen LogP contribution in [-0.2, 0) is 12.6 Å². The molecule has 0 aliphatic heterocycles. The summed E-state index contributed by atoms with van der Waals surface area (Å²) in [4.78, 5) is 7.59. The first-order valence-electron chi connectivity index (χ1n) is 5.92. The Bertz CT molecular complexity index is 432. The maximum atomic E-state index is 12.4. The van der Waals surface area contributed by atoms with E-state index in [9.17, 15) is 13.2 Å². The molecule has 1 aromatic heterocycles. The Hall–Kier alpha value is -0.960. The first-order chi connectivity index (χ1) is 9.47. The number of alkyl halides is 3. The van der Waals surface area contributed by atoms with Crippen molar-refractivity contribution in [2.24, 2.45) is 4.99 Å². The second-order valence-corrected chi connectivity index (χ2v) is 5.72. The Labute approximate surface area is 124 Å². The number of aromatic nitrogens is 1. The van der Waals surface area contributed by atoms with Crippen LogP contribution in [0.4, 0.5) is 13.2 Å². The molecular formula is C11H17F3N4S2. The van der Waals surface area contributed by atoms with Gasteiger partial charge in [0.2, 0.25) is 0 Å². The summed E-state index contributed by atoms with van der Waals surface area (Å²) in [6, 6.07) is 0. The van der Waals surface area contributed by atoms with Crippen molar-refractivity contribution in [1.29, 1.82) is 0 Å². The van der Waals surface area contributed by atoms with E-state index in [4.69, 9.17) is 0 Å². The topological polar surface area (TPSA) is 49.3 Å². The fraction of sp³-hybridized carbons (Fsp3) is 0.636. The quantitative estimate of drug-likeness (QED) is 0.478. The molecule has 1 heterocycles. The van der Waals surface area contributed by atoms with Crippen LogP contribution in [0.15, 0.2) is 10.4 Å². The van der Waals surface area contributed by atoms with E-state index in [1.165, 1.54) is 0 Å². The zero-order valence-corrected chi connectivity index (χ0v) is 12.9. The number of nitrogens with zero attached hydrogens (tertiary/aromatic N) is 2. The van der Waals surface area contributed by atoms with Gasteiger partial charge in [0.25, 0.3) is 0 Å². The van der Waals surface area contributed by atoms with Gasteiger partial charge in [0.15, 0.2) is 11.7 Å². The summed E-state index contributed by atoms with van der Waals surface area (Å²) in [7, 11) is 1.65. The summed E-state index contributed by atoms with van der Waals surface area (Å²) >= 11 is 2.74. The van der Waals surface area contributed by atoms with Crippen LogP contribution < -0.4 is 10.6 Å². The number of thiazole rings is 1. The minimum absolute atomic E-state index is 0.434. The Balaban J connectivity index is 2.34. The Kier molecular flexibility index (Phi) is 7.14. The van der Waals surface area contributed by atoms with Crippen LogP contribution in [0.3, 0.4) is 0 Å². The molecule has 0 radical (unpaired) electrons. The fourth-order valence-corrected chi connectivity index (χ4v) is 2.45. The molecular weight excluding hydrogens is 309 g/mol. The number of nitrogens with one attached hydrogen (secondary N) is 2. The lowest BCUT2D eigenvalue weighted by Crippen LogP contribution is -2.39. The summed E-state index contributed by atoms with van der Waals surface area (Å²) in [6.45, 7) is 1.28. The highest BCUT2D eigenvalue weighted by molar-refractivity contribution is 7.98. The largest absolute Gasteiger partial charge is 0.434 e. The molecule has 114 valence electrons. The fourth-order valence-electron chi connectivity index (χ4n) is 1.34. The number of halogens is 3. The van der Waals surface area contributed by atoms with Crippen LogP contribution in [0.25, 0.3) is 0 Å². The molecule has 0 amide bonds. The van der Waals surface area contributed by atoms with Gasteiger partial charge in [0, 0.05) is 37.7 Å². The first kappa shape index (κ1) is 17.1. The molecule has 20 heavy (non-hydrogen) atoms. The van der Waals surface area contributed by atoms with Gasteiger partial charge < -0.3 is 10.6 Å². The molecule has 0 aromatic carbocycles. The van der Waals surface area contributed by atoms with Gasteiger partial charge in [-0.2, -0.15) is 24.9 Å². The SMILES string of the molecule is CN=C(NCCSC)NCCc1nc(C(F)(F)F)cs1. The van der Waals surface area contributed by atoms with Crippen LogP contribution in [0.2, 0.25) is 0 Å². The molecule has 4 nitrogen and oxygen atoms in total. The Morgan fingerprint density at radius 3 is 2.65 bits per heavy atom. The summed E-state index contributed by atoms with van der Waals surface area (Å²) in [5.74, 6) is 1.61. The van der Waals surface area contributed by atoms with E-state index in [1.54, 1.807) is 18.8 Å². The van der Waals surface area contributed by atoms with E-state index < -0.39 is 11.9 Å². The molecule has 1 rings (SSSR count). The smallest absolute Gasteiger partial charge is 0.356 e. The molecule has 0 fully saturated rings. The third-order valence-corrected chi connectivity index (χ3v) is 3.82. The van der Waals surface area contributed by atoms with Crippen molar-refractivity contribution in [3.63, 3.8) is 0 Å². The Morgan fingerprint density at radius 1 is 1.40 bits per heavy atom. The van der Waals surface area contributed by atoms with Crippen molar-refractivity contribution >= 4 is 29.1 Å². The molecule has 2 N–H and O–H groups in total. The van der Waals surface area contributed by atoms with Crippen LogP contribution in [0.1, 0.15) is 10.7 Å².